The number of carbonyl (C=O) groups is 1. The highest BCUT2D eigenvalue weighted by atomic mass is 32.1. The lowest BCUT2D eigenvalue weighted by Crippen LogP contribution is -2.36. The second kappa shape index (κ2) is 7.89. The molecule has 1 heterocycles. The Morgan fingerprint density at radius 1 is 1.11 bits per heavy atom. The Bertz CT molecular complexity index is 998. The van der Waals surface area contributed by atoms with Crippen LogP contribution in [0.4, 0.5) is 18.3 Å². The number of amides is 1. The topological polar surface area (TPSA) is 36.4 Å². The van der Waals surface area contributed by atoms with Gasteiger partial charge in [-0.05, 0) is 50.8 Å². The molecule has 0 N–H and O–H groups in total. The summed E-state index contributed by atoms with van der Waals surface area (Å²) in [4.78, 5) is 21.1. The SMILES string of the molecule is Cc1cccc2sc(N(CCN(C)C)C(=O)c3cccc(C(F)(F)F)c3)nc12. The van der Waals surface area contributed by atoms with Gasteiger partial charge < -0.3 is 4.90 Å². The molecule has 0 saturated heterocycles. The van der Waals surface area contributed by atoms with Gasteiger partial charge in [-0.25, -0.2) is 4.98 Å². The van der Waals surface area contributed by atoms with Crippen LogP contribution in [0.3, 0.4) is 0 Å². The standard InChI is InChI=1S/C20H20F3N3OS/c1-13-6-4-9-16-17(13)24-19(28-16)26(11-10-25(2)3)18(27)14-7-5-8-15(12-14)20(21,22)23/h4-9,12H,10-11H2,1-3H3. The van der Waals surface area contributed by atoms with Crippen LogP contribution in [0.5, 0.6) is 0 Å². The number of fused-ring (bicyclic) bond motifs is 1. The Balaban J connectivity index is 2.01. The van der Waals surface area contributed by atoms with Crippen molar-refractivity contribution in [2.75, 3.05) is 32.1 Å². The number of carbonyl (C=O) groups excluding carboxylic acids is 1. The Morgan fingerprint density at radius 2 is 1.82 bits per heavy atom. The largest absolute Gasteiger partial charge is 0.416 e. The summed E-state index contributed by atoms with van der Waals surface area (Å²) in [5.74, 6) is -0.496. The van der Waals surface area contributed by atoms with Crippen LogP contribution in [0, 0.1) is 6.92 Å². The van der Waals surface area contributed by atoms with Crippen LogP contribution in [0.1, 0.15) is 21.5 Å². The van der Waals surface area contributed by atoms with Crippen molar-refractivity contribution in [3.05, 3.63) is 59.2 Å². The summed E-state index contributed by atoms with van der Waals surface area (Å²) >= 11 is 1.36. The number of rotatable bonds is 5. The molecule has 28 heavy (non-hydrogen) atoms. The molecule has 0 fully saturated rings. The highest BCUT2D eigenvalue weighted by Crippen LogP contribution is 2.33. The van der Waals surface area contributed by atoms with Gasteiger partial charge in [0.15, 0.2) is 5.13 Å². The average molecular weight is 407 g/mol. The van der Waals surface area contributed by atoms with Crippen molar-refractivity contribution in [1.29, 1.82) is 0 Å². The molecule has 3 aromatic rings. The first-order valence-corrected chi connectivity index (χ1v) is 9.48. The fourth-order valence-corrected chi connectivity index (χ4v) is 3.83. The highest BCUT2D eigenvalue weighted by Gasteiger charge is 2.31. The van der Waals surface area contributed by atoms with E-state index in [2.05, 4.69) is 4.98 Å². The number of aromatic nitrogens is 1. The van der Waals surface area contributed by atoms with Crippen LogP contribution >= 0.6 is 11.3 Å². The molecule has 0 saturated carbocycles. The lowest BCUT2D eigenvalue weighted by molar-refractivity contribution is -0.137. The molecule has 0 spiro atoms. The van der Waals surface area contributed by atoms with Crippen LogP contribution in [0.15, 0.2) is 42.5 Å². The fourth-order valence-electron chi connectivity index (χ4n) is 2.76. The van der Waals surface area contributed by atoms with Gasteiger partial charge in [0.05, 0.1) is 15.8 Å². The quantitative estimate of drug-likeness (QED) is 0.608. The average Bonchev–Trinajstić information content (AvgIpc) is 3.06. The molecule has 2 aromatic carbocycles. The number of halogens is 3. The maximum atomic E-state index is 13.1. The zero-order chi connectivity index (χ0) is 20.5. The summed E-state index contributed by atoms with van der Waals surface area (Å²) in [5.41, 5.74) is 0.934. The smallest absolute Gasteiger partial charge is 0.308 e. The maximum absolute atomic E-state index is 13.1. The molecule has 0 radical (unpaired) electrons. The number of thiazole rings is 1. The third kappa shape index (κ3) is 4.34. The molecule has 148 valence electrons. The fraction of sp³-hybridized carbons (Fsp3) is 0.300. The Kier molecular flexibility index (Phi) is 5.71. The molecular formula is C20H20F3N3OS. The van der Waals surface area contributed by atoms with Crippen LogP contribution in [0.2, 0.25) is 0 Å². The number of para-hydroxylation sites is 1. The third-order valence-electron chi connectivity index (χ3n) is 4.29. The van der Waals surface area contributed by atoms with Crippen molar-refractivity contribution in [3.8, 4) is 0 Å². The van der Waals surface area contributed by atoms with Crippen molar-refractivity contribution >= 4 is 32.6 Å². The van der Waals surface area contributed by atoms with Gasteiger partial charge >= 0.3 is 6.18 Å². The zero-order valence-corrected chi connectivity index (χ0v) is 16.6. The summed E-state index contributed by atoms with van der Waals surface area (Å²) in [6.45, 7) is 2.81. The Labute approximate surface area is 165 Å². The van der Waals surface area contributed by atoms with Gasteiger partial charge in [-0.3, -0.25) is 9.69 Å². The van der Waals surface area contributed by atoms with Gasteiger partial charge in [0.2, 0.25) is 0 Å². The first kappa shape index (κ1) is 20.3. The number of nitrogens with zero attached hydrogens (tertiary/aromatic N) is 3. The van der Waals surface area contributed by atoms with Crippen molar-refractivity contribution < 1.29 is 18.0 Å². The Hall–Kier alpha value is -2.45. The molecule has 0 aliphatic rings. The number of anilines is 1. The molecule has 0 aliphatic carbocycles. The minimum absolute atomic E-state index is 0.00967. The summed E-state index contributed by atoms with van der Waals surface area (Å²) in [6, 6.07) is 10.3. The van der Waals surface area contributed by atoms with E-state index in [4.69, 9.17) is 0 Å². The van der Waals surface area contributed by atoms with E-state index in [0.29, 0.717) is 18.2 Å². The number of hydrogen-bond donors (Lipinski definition) is 0. The molecule has 4 nitrogen and oxygen atoms in total. The van der Waals surface area contributed by atoms with Gasteiger partial charge in [-0.2, -0.15) is 13.2 Å². The number of hydrogen-bond acceptors (Lipinski definition) is 4. The van der Waals surface area contributed by atoms with E-state index in [1.54, 1.807) is 0 Å². The molecule has 0 unspecified atom stereocenters. The van der Waals surface area contributed by atoms with Gasteiger partial charge in [-0.15, -0.1) is 0 Å². The lowest BCUT2D eigenvalue weighted by atomic mass is 10.1. The summed E-state index contributed by atoms with van der Waals surface area (Å²) < 4.78 is 40.1. The molecule has 1 amide bonds. The second-order valence-corrected chi connectivity index (χ2v) is 7.77. The van der Waals surface area contributed by atoms with E-state index in [1.165, 1.54) is 28.4 Å². The Morgan fingerprint density at radius 3 is 2.46 bits per heavy atom. The predicted octanol–water partition coefficient (Wildman–Crippen LogP) is 4.83. The third-order valence-corrected chi connectivity index (χ3v) is 5.34. The molecular weight excluding hydrogens is 387 g/mol. The van der Waals surface area contributed by atoms with Gasteiger partial charge in [0.25, 0.3) is 5.91 Å². The summed E-state index contributed by atoms with van der Waals surface area (Å²) in [5, 5.41) is 0.480. The van der Waals surface area contributed by atoms with Gasteiger partial charge in [0.1, 0.15) is 0 Å². The van der Waals surface area contributed by atoms with E-state index in [-0.39, 0.29) is 5.56 Å². The molecule has 0 bridgehead atoms. The monoisotopic (exact) mass is 407 g/mol. The second-order valence-electron chi connectivity index (χ2n) is 6.76. The normalized spacial score (nSPS) is 12.0. The van der Waals surface area contributed by atoms with E-state index < -0.39 is 17.6 Å². The van der Waals surface area contributed by atoms with E-state index >= 15 is 0 Å². The number of alkyl halides is 3. The van der Waals surface area contributed by atoms with E-state index in [1.807, 2.05) is 44.1 Å². The van der Waals surface area contributed by atoms with Gasteiger partial charge in [-0.1, -0.05) is 29.5 Å². The van der Waals surface area contributed by atoms with Crippen molar-refractivity contribution in [2.24, 2.45) is 0 Å². The molecule has 1 aromatic heterocycles. The predicted molar refractivity (Wildman–Crippen MR) is 106 cm³/mol. The summed E-state index contributed by atoms with van der Waals surface area (Å²) in [6.07, 6.45) is -4.50. The van der Waals surface area contributed by atoms with Crippen molar-refractivity contribution in [2.45, 2.75) is 13.1 Å². The van der Waals surface area contributed by atoms with Crippen LogP contribution in [-0.2, 0) is 6.18 Å². The van der Waals surface area contributed by atoms with Crippen molar-refractivity contribution in [3.63, 3.8) is 0 Å². The van der Waals surface area contributed by atoms with Crippen LogP contribution in [0.25, 0.3) is 10.2 Å². The number of aryl methyl sites for hydroxylation is 1. The minimum Gasteiger partial charge on any atom is -0.308 e. The van der Waals surface area contributed by atoms with Gasteiger partial charge in [0, 0.05) is 18.7 Å². The van der Waals surface area contributed by atoms with E-state index in [9.17, 15) is 18.0 Å². The summed E-state index contributed by atoms with van der Waals surface area (Å²) in [7, 11) is 3.74. The number of benzene rings is 2. The van der Waals surface area contributed by atoms with E-state index in [0.717, 1.165) is 27.9 Å². The molecule has 3 rings (SSSR count). The molecule has 0 aliphatic heterocycles. The zero-order valence-electron chi connectivity index (χ0n) is 15.7. The molecule has 0 atom stereocenters. The van der Waals surface area contributed by atoms with Crippen LogP contribution in [-0.4, -0.2) is 43.0 Å². The number of likely N-dealkylation sites (N-methyl/N-ethyl adjacent to an activating group) is 1. The maximum Gasteiger partial charge on any atom is 0.416 e. The minimum atomic E-state index is -4.50. The highest BCUT2D eigenvalue weighted by molar-refractivity contribution is 7.22. The first-order valence-electron chi connectivity index (χ1n) is 8.67. The lowest BCUT2D eigenvalue weighted by Gasteiger charge is -2.22. The molecule has 8 heteroatoms. The first-order chi connectivity index (χ1) is 13.2. The van der Waals surface area contributed by atoms with Crippen LogP contribution < -0.4 is 4.90 Å². The van der Waals surface area contributed by atoms with Crippen molar-refractivity contribution in [1.82, 2.24) is 9.88 Å².